The van der Waals surface area contributed by atoms with Gasteiger partial charge in [0.15, 0.2) is 6.61 Å². The smallest absolute Gasteiger partial charge is 0.341 e. The second kappa shape index (κ2) is 7.88. The van der Waals surface area contributed by atoms with Crippen molar-refractivity contribution in [2.45, 2.75) is 13.8 Å². The number of ether oxygens (including phenoxy) is 1. The molecule has 0 spiro atoms. The third-order valence-electron chi connectivity index (χ3n) is 3.25. The summed E-state index contributed by atoms with van der Waals surface area (Å²) in [6.07, 6.45) is 0. The summed E-state index contributed by atoms with van der Waals surface area (Å²) in [5.41, 5.74) is 2.51. The Morgan fingerprint density at radius 2 is 1.71 bits per heavy atom. The number of halogens is 3. The van der Waals surface area contributed by atoms with Gasteiger partial charge in [-0.25, -0.2) is 4.79 Å². The molecule has 0 aliphatic carbocycles. The van der Waals surface area contributed by atoms with E-state index in [1.807, 2.05) is 32.0 Å². The van der Waals surface area contributed by atoms with Crippen molar-refractivity contribution >= 4 is 52.4 Å². The number of carbonyl (C=O) groups excluding carboxylic acids is 2. The summed E-state index contributed by atoms with van der Waals surface area (Å²) in [6.45, 7) is 3.32. The highest BCUT2D eigenvalue weighted by molar-refractivity contribution is 6.46. The summed E-state index contributed by atoms with van der Waals surface area (Å²) in [6, 6.07) is 8.56. The molecule has 0 fully saturated rings. The third-order valence-corrected chi connectivity index (χ3v) is 4.37. The molecule has 2 aromatic carbocycles. The molecule has 0 radical (unpaired) electrons. The number of aryl methyl sites for hydroxylation is 2. The van der Waals surface area contributed by atoms with Crippen molar-refractivity contribution in [3.05, 3.63) is 62.1 Å². The van der Waals surface area contributed by atoms with E-state index >= 15 is 0 Å². The number of hydrogen-bond acceptors (Lipinski definition) is 3. The van der Waals surface area contributed by atoms with Crippen LogP contribution < -0.4 is 5.32 Å². The zero-order valence-corrected chi connectivity index (χ0v) is 15.2. The van der Waals surface area contributed by atoms with Gasteiger partial charge in [0.2, 0.25) is 0 Å². The minimum atomic E-state index is -0.816. The Balaban J connectivity index is 2.03. The Hall–Kier alpha value is -1.75. The van der Waals surface area contributed by atoms with Crippen LogP contribution in [-0.2, 0) is 9.53 Å². The van der Waals surface area contributed by atoms with Crippen LogP contribution in [0, 0.1) is 13.8 Å². The average Bonchev–Trinajstić information content (AvgIpc) is 2.53. The van der Waals surface area contributed by atoms with E-state index in [9.17, 15) is 9.59 Å². The Labute approximate surface area is 154 Å². The lowest BCUT2D eigenvalue weighted by Gasteiger charge is -2.11. The van der Waals surface area contributed by atoms with Crippen LogP contribution in [0.4, 0.5) is 5.69 Å². The molecular weight excluding hydrogens is 373 g/mol. The molecule has 7 heteroatoms. The lowest BCUT2D eigenvalue weighted by molar-refractivity contribution is -0.119. The van der Waals surface area contributed by atoms with Crippen molar-refractivity contribution in [2.75, 3.05) is 11.9 Å². The number of anilines is 1. The van der Waals surface area contributed by atoms with Gasteiger partial charge in [0.1, 0.15) is 0 Å². The molecule has 0 aliphatic rings. The van der Waals surface area contributed by atoms with Crippen molar-refractivity contribution < 1.29 is 14.3 Å². The SMILES string of the molecule is Cc1ccc(C)c(NC(=O)COC(=O)c2c(Cl)ccc(Cl)c2Cl)c1. The topological polar surface area (TPSA) is 55.4 Å². The van der Waals surface area contributed by atoms with Gasteiger partial charge in [0, 0.05) is 5.69 Å². The van der Waals surface area contributed by atoms with Gasteiger partial charge in [0.05, 0.1) is 20.6 Å². The fourth-order valence-electron chi connectivity index (χ4n) is 1.97. The minimum absolute atomic E-state index is 0.0101. The van der Waals surface area contributed by atoms with Crippen molar-refractivity contribution in [2.24, 2.45) is 0 Å². The van der Waals surface area contributed by atoms with Crippen LogP contribution in [0.3, 0.4) is 0 Å². The maximum Gasteiger partial charge on any atom is 0.341 e. The predicted octanol–water partition coefficient (Wildman–Crippen LogP) is 5.06. The minimum Gasteiger partial charge on any atom is -0.452 e. The molecule has 126 valence electrons. The summed E-state index contributed by atoms with van der Waals surface area (Å²) < 4.78 is 4.97. The second-order valence-electron chi connectivity index (χ2n) is 5.16. The Bertz CT molecular complexity index is 806. The molecule has 0 aliphatic heterocycles. The quantitative estimate of drug-likeness (QED) is 0.590. The van der Waals surface area contributed by atoms with Gasteiger partial charge in [-0.1, -0.05) is 46.9 Å². The van der Waals surface area contributed by atoms with Crippen molar-refractivity contribution in [1.82, 2.24) is 0 Å². The molecule has 1 amide bonds. The van der Waals surface area contributed by atoms with Crippen molar-refractivity contribution in [3.8, 4) is 0 Å². The van der Waals surface area contributed by atoms with Crippen LogP contribution in [0.25, 0.3) is 0 Å². The molecule has 0 heterocycles. The van der Waals surface area contributed by atoms with E-state index in [-0.39, 0.29) is 20.6 Å². The molecule has 0 bridgehead atoms. The maximum absolute atomic E-state index is 12.1. The lowest BCUT2D eigenvalue weighted by Crippen LogP contribution is -2.21. The largest absolute Gasteiger partial charge is 0.452 e. The summed E-state index contributed by atoms with van der Waals surface area (Å²) in [7, 11) is 0. The molecular formula is C17H14Cl3NO3. The highest BCUT2D eigenvalue weighted by Gasteiger charge is 2.19. The van der Waals surface area contributed by atoms with E-state index in [4.69, 9.17) is 39.5 Å². The third kappa shape index (κ3) is 4.41. The first-order valence-corrected chi connectivity index (χ1v) is 8.10. The molecule has 4 nitrogen and oxygen atoms in total. The number of amides is 1. The molecule has 2 rings (SSSR count). The molecule has 0 unspecified atom stereocenters. The Morgan fingerprint density at radius 1 is 1.04 bits per heavy atom. The van der Waals surface area contributed by atoms with E-state index in [1.54, 1.807) is 0 Å². The maximum atomic E-state index is 12.1. The van der Waals surface area contributed by atoms with Crippen LogP contribution in [-0.4, -0.2) is 18.5 Å². The summed E-state index contributed by atoms with van der Waals surface area (Å²) >= 11 is 17.7. The first-order valence-electron chi connectivity index (χ1n) is 6.97. The summed E-state index contributed by atoms with van der Waals surface area (Å²) in [5, 5.41) is 2.96. The van der Waals surface area contributed by atoms with E-state index in [0.717, 1.165) is 11.1 Å². The molecule has 0 aromatic heterocycles. The fraction of sp³-hybridized carbons (Fsp3) is 0.176. The predicted molar refractivity (Wildman–Crippen MR) is 96.3 cm³/mol. The first kappa shape index (κ1) is 18.6. The van der Waals surface area contributed by atoms with Gasteiger partial charge in [-0.2, -0.15) is 0 Å². The molecule has 24 heavy (non-hydrogen) atoms. The normalized spacial score (nSPS) is 10.4. The van der Waals surface area contributed by atoms with E-state index < -0.39 is 18.5 Å². The highest BCUT2D eigenvalue weighted by atomic mass is 35.5. The molecule has 2 aromatic rings. The van der Waals surface area contributed by atoms with E-state index in [2.05, 4.69) is 5.32 Å². The van der Waals surface area contributed by atoms with E-state index in [1.165, 1.54) is 12.1 Å². The van der Waals surface area contributed by atoms with Gasteiger partial charge in [-0.15, -0.1) is 0 Å². The molecule has 0 atom stereocenters. The highest BCUT2D eigenvalue weighted by Crippen LogP contribution is 2.31. The fourth-order valence-corrected chi connectivity index (χ4v) is 2.66. The molecule has 0 saturated carbocycles. The second-order valence-corrected chi connectivity index (χ2v) is 6.35. The number of esters is 1. The van der Waals surface area contributed by atoms with Gasteiger partial charge < -0.3 is 10.1 Å². The zero-order valence-electron chi connectivity index (χ0n) is 13.0. The van der Waals surface area contributed by atoms with Gasteiger partial charge >= 0.3 is 5.97 Å². The first-order chi connectivity index (χ1) is 11.3. The number of nitrogens with one attached hydrogen (secondary N) is 1. The average molecular weight is 387 g/mol. The number of benzene rings is 2. The monoisotopic (exact) mass is 385 g/mol. The van der Waals surface area contributed by atoms with Crippen LogP contribution in [0.5, 0.6) is 0 Å². The van der Waals surface area contributed by atoms with Crippen LogP contribution in [0.1, 0.15) is 21.5 Å². The Kier molecular flexibility index (Phi) is 6.10. The van der Waals surface area contributed by atoms with Gasteiger partial charge in [0.25, 0.3) is 5.91 Å². The van der Waals surface area contributed by atoms with Crippen molar-refractivity contribution in [3.63, 3.8) is 0 Å². The number of carbonyl (C=O) groups is 2. The van der Waals surface area contributed by atoms with E-state index in [0.29, 0.717) is 5.69 Å². The zero-order chi connectivity index (χ0) is 17.9. The standard InChI is InChI=1S/C17H14Cl3NO3/c1-9-3-4-10(2)13(7-9)21-14(22)8-24-17(23)15-11(18)5-6-12(19)16(15)20/h3-7H,8H2,1-2H3,(H,21,22). The molecule has 1 N–H and O–H groups in total. The summed E-state index contributed by atoms with van der Waals surface area (Å²) in [5.74, 6) is -1.28. The van der Waals surface area contributed by atoms with Gasteiger partial charge in [-0.3, -0.25) is 4.79 Å². The molecule has 0 saturated heterocycles. The van der Waals surface area contributed by atoms with Crippen LogP contribution >= 0.6 is 34.8 Å². The number of rotatable bonds is 4. The lowest BCUT2D eigenvalue weighted by atomic mass is 10.1. The van der Waals surface area contributed by atoms with Crippen molar-refractivity contribution in [1.29, 1.82) is 0 Å². The number of hydrogen-bond donors (Lipinski definition) is 1. The summed E-state index contributed by atoms with van der Waals surface area (Å²) in [4.78, 5) is 24.1. The van der Waals surface area contributed by atoms with Crippen LogP contribution in [0.2, 0.25) is 15.1 Å². The Morgan fingerprint density at radius 3 is 2.42 bits per heavy atom. The van der Waals surface area contributed by atoms with Crippen LogP contribution in [0.15, 0.2) is 30.3 Å². The van der Waals surface area contributed by atoms with Gasteiger partial charge in [-0.05, 0) is 43.2 Å².